The first-order valence-electron chi connectivity index (χ1n) is 6.10. The minimum atomic E-state index is -4.57. The van der Waals surface area contributed by atoms with Gasteiger partial charge in [0.15, 0.2) is 0 Å². The standard InChI is InChI=1S/C14H13F4N3/c1-21(11-5-3-2-4-10(11)15)13-9(8-19)6-7-12(20-13)14(16,17)18/h2-7H,8,19H2,1H3. The van der Waals surface area contributed by atoms with E-state index in [2.05, 4.69) is 4.98 Å². The maximum atomic E-state index is 13.8. The number of halogens is 4. The molecule has 112 valence electrons. The summed E-state index contributed by atoms with van der Waals surface area (Å²) in [6.07, 6.45) is -4.57. The predicted octanol–water partition coefficient (Wildman–Crippen LogP) is 3.47. The summed E-state index contributed by atoms with van der Waals surface area (Å²) in [5.74, 6) is -0.570. The highest BCUT2D eigenvalue weighted by Gasteiger charge is 2.33. The van der Waals surface area contributed by atoms with Gasteiger partial charge < -0.3 is 10.6 Å². The van der Waals surface area contributed by atoms with Crippen molar-refractivity contribution in [3.8, 4) is 0 Å². The number of aromatic nitrogens is 1. The molecule has 21 heavy (non-hydrogen) atoms. The lowest BCUT2D eigenvalue weighted by Gasteiger charge is -2.22. The molecular weight excluding hydrogens is 286 g/mol. The van der Waals surface area contributed by atoms with E-state index in [1.807, 2.05) is 0 Å². The van der Waals surface area contributed by atoms with Gasteiger partial charge in [0.1, 0.15) is 17.3 Å². The Morgan fingerprint density at radius 3 is 2.38 bits per heavy atom. The first-order chi connectivity index (χ1) is 9.84. The molecule has 0 bridgehead atoms. The van der Waals surface area contributed by atoms with Gasteiger partial charge in [0, 0.05) is 19.2 Å². The Bertz CT molecular complexity index is 640. The molecule has 2 rings (SSSR count). The highest BCUT2D eigenvalue weighted by molar-refractivity contribution is 5.63. The van der Waals surface area contributed by atoms with Gasteiger partial charge in [0.25, 0.3) is 0 Å². The van der Waals surface area contributed by atoms with Crippen molar-refractivity contribution in [2.45, 2.75) is 12.7 Å². The molecule has 3 nitrogen and oxygen atoms in total. The van der Waals surface area contributed by atoms with Crippen LogP contribution in [0.1, 0.15) is 11.3 Å². The molecule has 2 N–H and O–H groups in total. The van der Waals surface area contributed by atoms with Crippen molar-refractivity contribution in [3.05, 3.63) is 53.5 Å². The van der Waals surface area contributed by atoms with Crippen LogP contribution < -0.4 is 10.6 Å². The Morgan fingerprint density at radius 1 is 1.14 bits per heavy atom. The number of anilines is 2. The summed E-state index contributed by atoms with van der Waals surface area (Å²) in [5, 5.41) is 0. The van der Waals surface area contributed by atoms with Gasteiger partial charge in [0.05, 0.1) is 5.69 Å². The van der Waals surface area contributed by atoms with Crippen LogP contribution in [0.15, 0.2) is 36.4 Å². The van der Waals surface area contributed by atoms with E-state index in [1.165, 1.54) is 36.2 Å². The maximum Gasteiger partial charge on any atom is 0.433 e. The molecule has 0 unspecified atom stereocenters. The molecule has 0 radical (unpaired) electrons. The molecule has 0 saturated heterocycles. The largest absolute Gasteiger partial charge is 0.433 e. The van der Waals surface area contributed by atoms with Gasteiger partial charge in [-0.2, -0.15) is 13.2 Å². The fourth-order valence-electron chi connectivity index (χ4n) is 1.92. The van der Waals surface area contributed by atoms with Gasteiger partial charge in [-0.1, -0.05) is 18.2 Å². The summed E-state index contributed by atoms with van der Waals surface area (Å²) in [6.45, 7) is -0.000731. The monoisotopic (exact) mass is 299 g/mol. The highest BCUT2D eigenvalue weighted by atomic mass is 19.4. The maximum absolute atomic E-state index is 13.8. The molecule has 0 aliphatic rings. The number of alkyl halides is 3. The Labute approximate surface area is 119 Å². The van der Waals surface area contributed by atoms with Crippen molar-refractivity contribution in [2.75, 3.05) is 11.9 Å². The lowest BCUT2D eigenvalue weighted by Crippen LogP contribution is -2.19. The van der Waals surface area contributed by atoms with Crippen LogP contribution >= 0.6 is 0 Å². The number of pyridine rings is 1. The minimum Gasteiger partial charge on any atom is -0.327 e. The Kier molecular flexibility index (Phi) is 4.13. The molecule has 0 aliphatic heterocycles. The van der Waals surface area contributed by atoms with Gasteiger partial charge in [0.2, 0.25) is 0 Å². The fourth-order valence-corrected chi connectivity index (χ4v) is 1.92. The molecule has 1 aromatic carbocycles. The zero-order valence-corrected chi connectivity index (χ0v) is 11.2. The predicted molar refractivity (Wildman–Crippen MR) is 71.6 cm³/mol. The molecule has 1 heterocycles. The summed E-state index contributed by atoms with van der Waals surface area (Å²) >= 11 is 0. The SMILES string of the molecule is CN(c1ccccc1F)c1nc(C(F)(F)F)ccc1CN. The third-order valence-electron chi connectivity index (χ3n) is 3.00. The van der Waals surface area contributed by atoms with Crippen molar-refractivity contribution < 1.29 is 17.6 Å². The molecule has 0 spiro atoms. The average molecular weight is 299 g/mol. The second-order valence-electron chi connectivity index (χ2n) is 4.39. The molecule has 0 saturated carbocycles. The number of hydrogen-bond donors (Lipinski definition) is 1. The fraction of sp³-hybridized carbons (Fsp3) is 0.214. The number of benzene rings is 1. The first-order valence-corrected chi connectivity index (χ1v) is 6.10. The summed E-state index contributed by atoms with van der Waals surface area (Å²) in [7, 11) is 1.44. The second kappa shape index (κ2) is 5.69. The second-order valence-corrected chi connectivity index (χ2v) is 4.39. The lowest BCUT2D eigenvalue weighted by molar-refractivity contribution is -0.141. The van der Waals surface area contributed by atoms with E-state index in [0.29, 0.717) is 5.56 Å². The Morgan fingerprint density at radius 2 is 1.81 bits per heavy atom. The average Bonchev–Trinajstić information content (AvgIpc) is 2.45. The molecule has 1 aromatic heterocycles. The van der Waals surface area contributed by atoms with E-state index in [1.54, 1.807) is 6.07 Å². The van der Waals surface area contributed by atoms with Crippen molar-refractivity contribution in [3.63, 3.8) is 0 Å². The third kappa shape index (κ3) is 3.13. The lowest BCUT2D eigenvalue weighted by atomic mass is 10.2. The van der Waals surface area contributed by atoms with Crippen LogP contribution in [0.2, 0.25) is 0 Å². The molecule has 7 heteroatoms. The van der Waals surface area contributed by atoms with Crippen LogP contribution in [0, 0.1) is 5.82 Å². The third-order valence-corrected chi connectivity index (χ3v) is 3.00. The molecule has 0 amide bonds. The zero-order valence-electron chi connectivity index (χ0n) is 11.2. The van der Waals surface area contributed by atoms with E-state index >= 15 is 0 Å². The smallest absolute Gasteiger partial charge is 0.327 e. The minimum absolute atomic E-state index is 0.000731. The van der Waals surface area contributed by atoms with E-state index in [4.69, 9.17) is 5.73 Å². The molecular formula is C14H13F4N3. The number of nitrogens with two attached hydrogens (primary N) is 1. The van der Waals surface area contributed by atoms with Crippen LogP contribution in [-0.2, 0) is 12.7 Å². The van der Waals surface area contributed by atoms with Crippen molar-refractivity contribution in [2.24, 2.45) is 5.73 Å². The zero-order chi connectivity index (χ0) is 15.6. The molecule has 0 fully saturated rings. The van der Waals surface area contributed by atoms with Gasteiger partial charge in [-0.25, -0.2) is 9.37 Å². The molecule has 2 aromatic rings. The Hall–Kier alpha value is -2.15. The van der Waals surface area contributed by atoms with E-state index in [9.17, 15) is 17.6 Å². The first kappa shape index (κ1) is 15.2. The summed E-state index contributed by atoms with van der Waals surface area (Å²) < 4.78 is 52.1. The van der Waals surface area contributed by atoms with Crippen molar-refractivity contribution in [1.82, 2.24) is 4.98 Å². The van der Waals surface area contributed by atoms with Crippen LogP contribution in [0.25, 0.3) is 0 Å². The van der Waals surface area contributed by atoms with E-state index in [0.717, 1.165) is 6.07 Å². The van der Waals surface area contributed by atoms with Crippen LogP contribution in [-0.4, -0.2) is 12.0 Å². The summed E-state index contributed by atoms with van der Waals surface area (Å²) in [6, 6.07) is 7.88. The van der Waals surface area contributed by atoms with Crippen LogP contribution in [0.3, 0.4) is 0 Å². The van der Waals surface area contributed by atoms with Gasteiger partial charge >= 0.3 is 6.18 Å². The number of rotatable bonds is 3. The number of nitrogens with zero attached hydrogens (tertiary/aromatic N) is 2. The Balaban J connectivity index is 2.53. The van der Waals surface area contributed by atoms with E-state index < -0.39 is 17.7 Å². The molecule has 0 atom stereocenters. The quantitative estimate of drug-likeness (QED) is 0.882. The summed E-state index contributed by atoms with van der Waals surface area (Å²) in [4.78, 5) is 4.84. The topological polar surface area (TPSA) is 42.2 Å². The van der Waals surface area contributed by atoms with Gasteiger partial charge in [-0.05, 0) is 18.2 Å². The highest BCUT2D eigenvalue weighted by Crippen LogP contribution is 2.32. The van der Waals surface area contributed by atoms with Crippen LogP contribution in [0.4, 0.5) is 29.1 Å². The number of hydrogen-bond acceptors (Lipinski definition) is 3. The van der Waals surface area contributed by atoms with E-state index in [-0.39, 0.29) is 18.1 Å². The summed E-state index contributed by atoms with van der Waals surface area (Å²) in [5.41, 5.74) is 5.00. The van der Waals surface area contributed by atoms with Crippen LogP contribution in [0.5, 0.6) is 0 Å². The van der Waals surface area contributed by atoms with Gasteiger partial charge in [-0.15, -0.1) is 0 Å². The molecule has 0 aliphatic carbocycles. The normalized spacial score (nSPS) is 11.5. The van der Waals surface area contributed by atoms with Crippen molar-refractivity contribution in [1.29, 1.82) is 0 Å². The van der Waals surface area contributed by atoms with Crippen molar-refractivity contribution >= 4 is 11.5 Å². The van der Waals surface area contributed by atoms with Gasteiger partial charge in [-0.3, -0.25) is 0 Å². The number of para-hydroxylation sites is 1.